The Morgan fingerprint density at radius 2 is 1.60 bits per heavy atom. The fourth-order valence-electron chi connectivity index (χ4n) is 0.551. The summed E-state index contributed by atoms with van der Waals surface area (Å²) in [6.07, 6.45) is 0. The summed E-state index contributed by atoms with van der Waals surface area (Å²) in [4.78, 5) is 0. The third kappa shape index (κ3) is 2.61. The van der Waals surface area contributed by atoms with Gasteiger partial charge < -0.3 is 11.0 Å². The molecular formula is C6H10BFO2. The molecule has 1 rings (SSSR count). The van der Waals surface area contributed by atoms with E-state index in [1.807, 2.05) is 6.07 Å². The van der Waals surface area contributed by atoms with Crippen LogP contribution in [0.3, 0.4) is 0 Å². The average molecular weight is 144 g/mol. The first-order valence-electron chi connectivity index (χ1n) is 2.52. The van der Waals surface area contributed by atoms with Crippen LogP contribution in [0, 0.1) is 5.82 Å². The lowest BCUT2D eigenvalue weighted by molar-refractivity contribution is 0.636. The smallest absolute Gasteiger partial charge is 0.143 e. The molecule has 1 aromatic rings. The van der Waals surface area contributed by atoms with E-state index in [0.29, 0.717) is 5.46 Å². The maximum Gasteiger partial charge on any atom is 0.143 e. The Hall–Kier alpha value is -0.865. The molecule has 0 bridgehead atoms. The summed E-state index contributed by atoms with van der Waals surface area (Å²) in [7, 11) is 1.75. The van der Waals surface area contributed by atoms with Gasteiger partial charge in [0.1, 0.15) is 13.7 Å². The van der Waals surface area contributed by atoms with Crippen molar-refractivity contribution < 1.29 is 15.3 Å². The molecule has 4 heteroatoms. The fraction of sp³-hybridized carbons (Fsp3) is 0. The van der Waals surface area contributed by atoms with Crippen molar-refractivity contribution >= 4 is 13.3 Å². The number of rotatable bonds is 0. The molecule has 0 aliphatic carbocycles. The van der Waals surface area contributed by atoms with Crippen LogP contribution in [0.1, 0.15) is 0 Å². The molecule has 0 aromatic heterocycles. The zero-order valence-corrected chi connectivity index (χ0v) is 5.69. The maximum absolute atomic E-state index is 12.3. The topological polar surface area (TPSA) is 63.0 Å². The minimum absolute atomic E-state index is 0. The second kappa shape index (κ2) is 4.96. The molecule has 0 saturated carbocycles. The Kier molecular flexibility index (Phi) is 5.89. The van der Waals surface area contributed by atoms with Crippen molar-refractivity contribution in [3.05, 3.63) is 30.1 Å². The molecule has 1 aromatic carbocycles. The van der Waals surface area contributed by atoms with Crippen LogP contribution in [0.4, 0.5) is 4.39 Å². The van der Waals surface area contributed by atoms with Crippen molar-refractivity contribution in [3.63, 3.8) is 0 Å². The first kappa shape index (κ1) is 11.9. The van der Waals surface area contributed by atoms with E-state index < -0.39 is 0 Å². The molecule has 0 radical (unpaired) electrons. The molecule has 0 fully saturated rings. The van der Waals surface area contributed by atoms with Gasteiger partial charge in [-0.3, -0.25) is 0 Å². The Morgan fingerprint density at radius 1 is 1.10 bits per heavy atom. The summed E-state index contributed by atoms with van der Waals surface area (Å²) in [5.41, 5.74) is 0.701. The molecule has 10 heavy (non-hydrogen) atoms. The Balaban J connectivity index is 0. The fourth-order valence-corrected chi connectivity index (χ4v) is 0.551. The minimum atomic E-state index is -0.132. The zero-order valence-electron chi connectivity index (χ0n) is 5.69. The molecule has 56 valence electrons. The van der Waals surface area contributed by atoms with Gasteiger partial charge in [-0.05, 0) is 6.07 Å². The van der Waals surface area contributed by atoms with Crippen molar-refractivity contribution in [3.8, 4) is 0 Å². The van der Waals surface area contributed by atoms with Gasteiger partial charge in [-0.2, -0.15) is 0 Å². The van der Waals surface area contributed by atoms with Crippen molar-refractivity contribution in [1.29, 1.82) is 0 Å². The van der Waals surface area contributed by atoms with Gasteiger partial charge in [0.15, 0.2) is 0 Å². The highest BCUT2D eigenvalue weighted by molar-refractivity contribution is 6.32. The van der Waals surface area contributed by atoms with E-state index in [0.717, 1.165) is 0 Å². The minimum Gasteiger partial charge on any atom is -0.412 e. The second-order valence-electron chi connectivity index (χ2n) is 1.75. The van der Waals surface area contributed by atoms with Crippen molar-refractivity contribution in [2.24, 2.45) is 0 Å². The quantitative estimate of drug-likeness (QED) is 0.395. The van der Waals surface area contributed by atoms with Gasteiger partial charge in [-0.1, -0.05) is 23.7 Å². The van der Waals surface area contributed by atoms with Crippen molar-refractivity contribution in [2.75, 3.05) is 0 Å². The predicted octanol–water partition coefficient (Wildman–Crippen LogP) is -1.57. The van der Waals surface area contributed by atoms with Gasteiger partial charge >= 0.3 is 0 Å². The van der Waals surface area contributed by atoms with Crippen LogP contribution >= 0.6 is 0 Å². The highest BCUT2D eigenvalue weighted by Gasteiger charge is 1.88. The largest absolute Gasteiger partial charge is 0.412 e. The van der Waals surface area contributed by atoms with Crippen LogP contribution in [0.15, 0.2) is 24.3 Å². The molecule has 2 nitrogen and oxygen atoms in total. The summed E-state index contributed by atoms with van der Waals surface area (Å²) in [6.45, 7) is 0. The molecule has 0 aliphatic rings. The van der Waals surface area contributed by atoms with E-state index >= 15 is 0 Å². The number of hydrogen-bond donors (Lipinski definition) is 0. The molecule has 0 aliphatic heterocycles. The van der Waals surface area contributed by atoms with Crippen LogP contribution in [-0.2, 0) is 0 Å². The normalized spacial score (nSPS) is 7.30. The van der Waals surface area contributed by atoms with Crippen LogP contribution in [-0.4, -0.2) is 18.8 Å². The summed E-state index contributed by atoms with van der Waals surface area (Å²) >= 11 is 0. The zero-order chi connectivity index (χ0) is 5.98. The van der Waals surface area contributed by atoms with Gasteiger partial charge in [-0.15, -0.1) is 0 Å². The average Bonchev–Trinajstić information content (AvgIpc) is 1.77. The van der Waals surface area contributed by atoms with Gasteiger partial charge in [0.25, 0.3) is 0 Å². The second-order valence-corrected chi connectivity index (χ2v) is 1.75. The summed E-state index contributed by atoms with van der Waals surface area (Å²) in [5, 5.41) is 0. The van der Waals surface area contributed by atoms with E-state index in [4.69, 9.17) is 0 Å². The standard InChI is InChI=1S/C6H6BF.2H2O/c7-5-3-1-2-4-6(5)8;;/h1-4H,7H2;2*1H2. The first-order valence-corrected chi connectivity index (χ1v) is 2.52. The molecule has 0 atom stereocenters. The predicted molar refractivity (Wildman–Crippen MR) is 41.8 cm³/mol. The highest BCUT2D eigenvalue weighted by atomic mass is 19.1. The van der Waals surface area contributed by atoms with E-state index in [-0.39, 0.29) is 16.8 Å². The van der Waals surface area contributed by atoms with Crippen LogP contribution in [0.5, 0.6) is 0 Å². The summed E-state index contributed by atoms with van der Waals surface area (Å²) < 4.78 is 12.3. The first-order chi connectivity index (χ1) is 3.80. The Morgan fingerprint density at radius 3 is 1.90 bits per heavy atom. The van der Waals surface area contributed by atoms with Crippen molar-refractivity contribution in [2.45, 2.75) is 0 Å². The summed E-state index contributed by atoms with van der Waals surface area (Å²) in [5.74, 6) is -0.132. The number of benzene rings is 1. The molecule has 0 unspecified atom stereocenters. The molecular weight excluding hydrogens is 134 g/mol. The van der Waals surface area contributed by atoms with E-state index in [1.54, 1.807) is 20.0 Å². The van der Waals surface area contributed by atoms with E-state index in [2.05, 4.69) is 0 Å². The van der Waals surface area contributed by atoms with Gasteiger partial charge in [0.2, 0.25) is 0 Å². The lowest BCUT2D eigenvalue weighted by Gasteiger charge is -1.89. The molecule has 0 amide bonds. The van der Waals surface area contributed by atoms with Crippen molar-refractivity contribution in [1.82, 2.24) is 0 Å². The molecule has 0 heterocycles. The Bertz CT molecular complexity index is 172. The third-order valence-corrected chi connectivity index (χ3v) is 1.08. The Labute approximate surface area is 59.7 Å². The van der Waals surface area contributed by atoms with Gasteiger partial charge in [-0.25, -0.2) is 4.39 Å². The lowest BCUT2D eigenvalue weighted by Crippen LogP contribution is -2.05. The number of halogens is 1. The SMILES string of the molecule is Bc1ccccc1F.O.O. The van der Waals surface area contributed by atoms with E-state index in [1.165, 1.54) is 6.07 Å². The summed E-state index contributed by atoms with van der Waals surface area (Å²) in [6, 6.07) is 6.70. The lowest BCUT2D eigenvalue weighted by atomic mass is 9.96. The molecule has 0 spiro atoms. The molecule has 0 saturated heterocycles. The molecule has 4 N–H and O–H groups in total. The third-order valence-electron chi connectivity index (χ3n) is 1.08. The van der Waals surface area contributed by atoms with Gasteiger partial charge in [0.05, 0.1) is 0 Å². The highest BCUT2D eigenvalue weighted by Crippen LogP contribution is 1.88. The van der Waals surface area contributed by atoms with Crippen LogP contribution < -0.4 is 5.46 Å². The van der Waals surface area contributed by atoms with Crippen LogP contribution in [0.2, 0.25) is 0 Å². The maximum atomic E-state index is 12.3. The van der Waals surface area contributed by atoms with E-state index in [9.17, 15) is 4.39 Å². The monoisotopic (exact) mass is 144 g/mol. The number of hydrogen-bond acceptors (Lipinski definition) is 0. The van der Waals surface area contributed by atoms with Crippen LogP contribution in [0.25, 0.3) is 0 Å². The van der Waals surface area contributed by atoms with Gasteiger partial charge in [0, 0.05) is 0 Å².